The van der Waals surface area contributed by atoms with Crippen LogP contribution in [0, 0.1) is 0 Å². The predicted molar refractivity (Wildman–Crippen MR) is 106 cm³/mol. The van der Waals surface area contributed by atoms with Gasteiger partial charge >= 0.3 is 0 Å². The number of nitrogens with one attached hydrogen (secondary N) is 1. The summed E-state index contributed by atoms with van der Waals surface area (Å²) >= 11 is 7.35. The minimum absolute atomic E-state index is 0.0222. The number of carbonyl (C=O) groups excluding carboxylic acids is 2. The monoisotopic (exact) mass is 390 g/mol. The number of amides is 1. The molecule has 0 spiro atoms. The molecular formula is C20H23ClN2O2S. The molecule has 6 heteroatoms. The first-order chi connectivity index (χ1) is 12.6. The second kappa shape index (κ2) is 9.31. The smallest absolute Gasteiger partial charge is 0.220 e. The fourth-order valence-electron chi connectivity index (χ4n) is 3.17. The van der Waals surface area contributed by atoms with Crippen LogP contribution in [0.25, 0.3) is 0 Å². The summed E-state index contributed by atoms with van der Waals surface area (Å²) in [6.45, 7) is 2.83. The highest BCUT2D eigenvalue weighted by atomic mass is 35.5. The van der Waals surface area contributed by atoms with Gasteiger partial charge in [0.25, 0.3) is 0 Å². The van der Waals surface area contributed by atoms with Gasteiger partial charge in [-0.2, -0.15) is 0 Å². The minimum Gasteiger partial charge on any atom is -0.353 e. The number of halogens is 1. The van der Waals surface area contributed by atoms with E-state index in [1.807, 2.05) is 23.6 Å². The van der Waals surface area contributed by atoms with Gasteiger partial charge in [0.15, 0.2) is 5.78 Å². The van der Waals surface area contributed by atoms with E-state index < -0.39 is 0 Å². The fourth-order valence-corrected chi connectivity index (χ4v) is 3.99. The largest absolute Gasteiger partial charge is 0.353 e. The molecule has 1 aromatic carbocycles. The quantitative estimate of drug-likeness (QED) is 0.722. The van der Waals surface area contributed by atoms with Crippen molar-refractivity contribution in [1.29, 1.82) is 0 Å². The lowest BCUT2D eigenvalue weighted by molar-refractivity contribution is -0.122. The van der Waals surface area contributed by atoms with Gasteiger partial charge in [-0.15, -0.1) is 11.3 Å². The van der Waals surface area contributed by atoms with Crippen LogP contribution in [0.1, 0.15) is 40.9 Å². The first-order valence-corrected chi connectivity index (χ1v) is 10.2. The van der Waals surface area contributed by atoms with Gasteiger partial charge in [-0.05, 0) is 42.0 Å². The SMILES string of the molecule is O=C(CCC(=O)c1cccs1)NC1CCN(Cc2ccc(Cl)cc2)CC1. The zero-order valence-electron chi connectivity index (χ0n) is 14.6. The number of rotatable bonds is 7. The summed E-state index contributed by atoms with van der Waals surface area (Å²) in [5.74, 6) is 0.0268. The van der Waals surface area contributed by atoms with E-state index in [4.69, 9.17) is 11.6 Å². The van der Waals surface area contributed by atoms with E-state index in [1.54, 1.807) is 6.07 Å². The highest BCUT2D eigenvalue weighted by molar-refractivity contribution is 7.12. The van der Waals surface area contributed by atoms with Gasteiger partial charge in [0, 0.05) is 43.5 Å². The maximum Gasteiger partial charge on any atom is 0.220 e. The van der Waals surface area contributed by atoms with Crippen LogP contribution < -0.4 is 5.32 Å². The van der Waals surface area contributed by atoms with Crippen LogP contribution in [0.5, 0.6) is 0 Å². The second-order valence-corrected chi connectivity index (χ2v) is 8.03. The lowest BCUT2D eigenvalue weighted by atomic mass is 10.0. The van der Waals surface area contributed by atoms with Crippen molar-refractivity contribution in [3.8, 4) is 0 Å². The molecule has 1 amide bonds. The van der Waals surface area contributed by atoms with Crippen molar-refractivity contribution in [2.75, 3.05) is 13.1 Å². The maximum atomic E-state index is 12.1. The molecule has 0 unspecified atom stereocenters. The molecule has 1 saturated heterocycles. The van der Waals surface area contributed by atoms with Crippen LogP contribution in [0.3, 0.4) is 0 Å². The molecule has 0 saturated carbocycles. The normalized spacial score (nSPS) is 15.7. The van der Waals surface area contributed by atoms with Crippen LogP contribution in [0.15, 0.2) is 41.8 Å². The van der Waals surface area contributed by atoms with Crippen molar-refractivity contribution >= 4 is 34.6 Å². The van der Waals surface area contributed by atoms with Crippen LogP contribution in [-0.2, 0) is 11.3 Å². The predicted octanol–water partition coefficient (Wildman–Crippen LogP) is 4.15. The van der Waals surface area contributed by atoms with E-state index in [0.717, 1.165) is 42.4 Å². The fraction of sp³-hybridized carbons (Fsp3) is 0.400. The molecule has 0 atom stereocenters. The summed E-state index contributed by atoms with van der Waals surface area (Å²) in [4.78, 5) is 27.2. The van der Waals surface area contributed by atoms with Crippen LogP contribution in [0.4, 0.5) is 0 Å². The van der Waals surface area contributed by atoms with Gasteiger partial charge in [0.1, 0.15) is 0 Å². The van der Waals surface area contributed by atoms with Crippen LogP contribution in [0.2, 0.25) is 5.02 Å². The molecule has 138 valence electrons. The Balaban J connectivity index is 1.36. The van der Waals surface area contributed by atoms with E-state index in [9.17, 15) is 9.59 Å². The zero-order valence-corrected chi connectivity index (χ0v) is 16.2. The maximum absolute atomic E-state index is 12.1. The molecule has 2 heterocycles. The summed E-state index contributed by atoms with van der Waals surface area (Å²) in [5.41, 5.74) is 1.25. The lowest BCUT2D eigenvalue weighted by Crippen LogP contribution is -2.44. The second-order valence-electron chi connectivity index (χ2n) is 6.64. The highest BCUT2D eigenvalue weighted by Crippen LogP contribution is 2.16. The average molecular weight is 391 g/mol. The number of hydrogen-bond donors (Lipinski definition) is 1. The number of thiophene rings is 1. The number of ketones is 1. The molecule has 1 aromatic heterocycles. The first kappa shape index (κ1) is 19.1. The third-order valence-electron chi connectivity index (χ3n) is 4.65. The Morgan fingerprint density at radius 1 is 1.12 bits per heavy atom. The molecule has 0 radical (unpaired) electrons. The molecule has 1 fully saturated rings. The van der Waals surface area contributed by atoms with Gasteiger partial charge in [0.05, 0.1) is 4.88 Å². The zero-order chi connectivity index (χ0) is 18.4. The molecule has 1 aliphatic heterocycles. The Bertz CT molecular complexity index is 723. The number of hydrogen-bond acceptors (Lipinski definition) is 4. The number of likely N-dealkylation sites (tertiary alicyclic amines) is 1. The average Bonchev–Trinajstić information content (AvgIpc) is 3.18. The summed E-state index contributed by atoms with van der Waals surface area (Å²) < 4.78 is 0. The molecule has 4 nitrogen and oxygen atoms in total. The van der Waals surface area contributed by atoms with E-state index in [1.165, 1.54) is 16.9 Å². The third kappa shape index (κ3) is 5.66. The minimum atomic E-state index is -0.0222. The van der Waals surface area contributed by atoms with Crippen molar-refractivity contribution < 1.29 is 9.59 Å². The van der Waals surface area contributed by atoms with Crippen molar-refractivity contribution in [3.05, 3.63) is 57.2 Å². The Morgan fingerprint density at radius 3 is 2.50 bits per heavy atom. The van der Waals surface area contributed by atoms with E-state index in [2.05, 4.69) is 22.3 Å². The molecule has 3 rings (SSSR count). The standard InChI is InChI=1S/C20H23ClN2O2S/c21-16-5-3-15(4-6-16)14-23-11-9-17(10-12-23)22-20(25)8-7-18(24)19-2-1-13-26-19/h1-6,13,17H,7-12,14H2,(H,22,25). The summed E-state index contributed by atoms with van der Waals surface area (Å²) in [6, 6.07) is 11.8. The van der Waals surface area contributed by atoms with Crippen LogP contribution >= 0.6 is 22.9 Å². The molecule has 2 aromatic rings. The van der Waals surface area contributed by atoms with E-state index in [0.29, 0.717) is 0 Å². The van der Waals surface area contributed by atoms with Gasteiger partial charge in [0.2, 0.25) is 5.91 Å². The van der Waals surface area contributed by atoms with Crippen molar-refractivity contribution in [3.63, 3.8) is 0 Å². The van der Waals surface area contributed by atoms with E-state index in [-0.39, 0.29) is 30.6 Å². The molecule has 0 bridgehead atoms. The van der Waals surface area contributed by atoms with Gasteiger partial charge in [-0.1, -0.05) is 29.8 Å². The number of benzene rings is 1. The van der Waals surface area contributed by atoms with E-state index >= 15 is 0 Å². The molecule has 26 heavy (non-hydrogen) atoms. The first-order valence-electron chi connectivity index (χ1n) is 8.93. The Hall–Kier alpha value is -1.69. The van der Waals surface area contributed by atoms with Crippen molar-refractivity contribution in [2.24, 2.45) is 0 Å². The van der Waals surface area contributed by atoms with Crippen LogP contribution in [-0.4, -0.2) is 35.7 Å². The van der Waals surface area contributed by atoms with Crippen molar-refractivity contribution in [2.45, 2.75) is 38.3 Å². The number of Topliss-reactive ketones (excluding diaryl/α,β-unsaturated/α-hetero) is 1. The Kier molecular flexibility index (Phi) is 6.83. The number of piperidine rings is 1. The summed E-state index contributed by atoms with van der Waals surface area (Å²) in [5, 5.41) is 5.72. The number of carbonyl (C=O) groups is 2. The Morgan fingerprint density at radius 2 is 1.85 bits per heavy atom. The van der Waals surface area contributed by atoms with Gasteiger partial charge in [-0.25, -0.2) is 0 Å². The highest BCUT2D eigenvalue weighted by Gasteiger charge is 2.21. The summed E-state index contributed by atoms with van der Waals surface area (Å²) in [6.07, 6.45) is 2.43. The molecule has 0 aliphatic carbocycles. The topological polar surface area (TPSA) is 49.4 Å². The lowest BCUT2D eigenvalue weighted by Gasteiger charge is -2.32. The number of nitrogens with zero attached hydrogens (tertiary/aromatic N) is 1. The molecule has 1 N–H and O–H groups in total. The van der Waals surface area contributed by atoms with Crippen molar-refractivity contribution in [1.82, 2.24) is 10.2 Å². The summed E-state index contributed by atoms with van der Waals surface area (Å²) in [7, 11) is 0. The van der Waals surface area contributed by atoms with Gasteiger partial charge in [-0.3, -0.25) is 14.5 Å². The Labute approximate surface area is 163 Å². The van der Waals surface area contributed by atoms with Gasteiger partial charge < -0.3 is 5.32 Å². The molecular weight excluding hydrogens is 368 g/mol. The molecule has 1 aliphatic rings. The third-order valence-corrected chi connectivity index (χ3v) is 5.81.